The van der Waals surface area contributed by atoms with Crippen LogP contribution < -0.4 is 0 Å². The summed E-state index contributed by atoms with van der Waals surface area (Å²) in [6.07, 6.45) is 8.81. The van der Waals surface area contributed by atoms with Gasteiger partial charge in [-0.05, 0) is 122 Å². The molecule has 0 aliphatic heterocycles. The molecule has 2 bridgehead atoms. The molecule has 3 aliphatic rings. The van der Waals surface area contributed by atoms with Gasteiger partial charge in [0.15, 0.2) is 0 Å². The summed E-state index contributed by atoms with van der Waals surface area (Å²) in [5.74, 6) is 1.66. The van der Waals surface area contributed by atoms with Gasteiger partial charge in [-0.2, -0.15) is 0 Å². The van der Waals surface area contributed by atoms with Gasteiger partial charge in [0.25, 0.3) is 0 Å². The Bertz CT molecular complexity index is 935. The summed E-state index contributed by atoms with van der Waals surface area (Å²) in [6.45, 7) is 19.6. The monoisotopic (exact) mass is 548 g/mol. The van der Waals surface area contributed by atoms with E-state index in [-0.39, 0.29) is 18.0 Å². The number of carbonyl (C=O) groups excluding carboxylic acids is 2. The number of carboxylic acids is 1. The molecule has 0 radical (unpaired) electrons. The largest absolute Gasteiger partial charge is 0.481 e. The molecule has 0 spiro atoms. The smallest absolute Gasteiger partial charge is 0.312 e. The van der Waals surface area contributed by atoms with Crippen LogP contribution >= 0.6 is 0 Å². The Hall–Kier alpha value is -1.43. The van der Waals surface area contributed by atoms with E-state index in [1.165, 1.54) is 25.7 Å². The summed E-state index contributed by atoms with van der Waals surface area (Å²) in [5, 5.41) is 10.1. The Morgan fingerprint density at radius 3 is 2.10 bits per heavy atom. The Labute approximate surface area is 237 Å². The summed E-state index contributed by atoms with van der Waals surface area (Å²) in [4.78, 5) is 38.3. The zero-order chi connectivity index (χ0) is 29.7. The fraction of sp³-hybridized carbons (Fsp3) is 0.909. The van der Waals surface area contributed by atoms with Crippen LogP contribution in [0.25, 0.3) is 0 Å². The average Bonchev–Trinajstić information content (AvgIpc) is 3.48. The predicted octanol–water partition coefficient (Wildman–Crippen LogP) is 7.47. The van der Waals surface area contributed by atoms with Crippen molar-refractivity contribution < 1.29 is 29.0 Å². The Balaban J connectivity index is 1.93. The molecule has 0 aromatic heterocycles. The maximum atomic E-state index is 13.8. The van der Waals surface area contributed by atoms with Gasteiger partial charge in [0.05, 0.1) is 23.0 Å². The van der Waals surface area contributed by atoms with Gasteiger partial charge < -0.3 is 19.4 Å². The van der Waals surface area contributed by atoms with Crippen LogP contribution in [0.2, 0.25) is 0 Å². The van der Waals surface area contributed by atoms with Crippen molar-refractivity contribution in [3.8, 4) is 0 Å². The van der Waals surface area contributed by atoms with Crippen LogP contribution in [0.1, 0.15) is 127 Å². The molecule has 0 aromatic rings. The van der Waals surface area contributed by atoms with Gasteiger partial charge >= 0.3 is 11.9 Å². The fourth-order valence-electron chi connectivity index (χ4n) is 8.96. The van der Waals surface area contributed by atoms with E-state index >= 15 is 0 Å². The fourth-order valence-corrected chi connectivity index (χ4v) is 8.96. The number of esters is 1. The first-order valence-corrected chi connectivity index (χ1v) is 15.3. The first-order valence-electron chi connectivity index (χ1n) is 15.3. The van der Waals surface area contributed by atoms with E-state index in [0.29, 0.717) is 31.8 Å². The molecular formula is C33H56O6. The molecule has 1 N–H and O–H groups in total. The van der Waals surface area contributed by atoms with E-state index in [2.05, 4.69) is 13.8 Å². The number of ether oxygens (including phenoxy) is 2. The highest BCUT2D eigenvalue weighted by molar-refractivity contribution is 5.80. The molecule has 6 heteroatoms. The summed E-state index contributed by atoms with van der Waals surface area (Å²) < 4.78 is 12.9. The number of hydrogen-bond acceptors (Lipinski definition) is 5. The Kier molecular flexibility index (Phi) is 8.85. The topological polar surface area (TPSA) is 89.9 Å². The van der Waals surface area contributed by atoms with Crippen molar-refractivity contribution in [1.82, 2.24) is 0 Å². The van der Waals surface area contributed by atoms with Crippen molar-refractivity contribution in [3.63, 3.8) is 0 Å². The lowest BCUT2D eigenvalue weighted by Crippen LogP contribution is -2.48. The van der Waals surface area contributed by atoms with Crippen LogP contribution in [0, 0.1) is 45.3 Å². The molecule has 6 nitrogen and oxygen atoms in total. The summed E-state index contributed by atoms with van der Waals surface area (Å²) in [6, 6.07) is 0. The van der Waals surface area contributed by atoms with E-state index in [0.717, 1.165) is 30.5 Å². The van der Waals surface area contributed by atoms with E-state index < -0.39 is 33.2 Å². The van der Waals surface area contributed by atoms with Crippen LogP contribution in [0.3, 0.4) is 0 Å². The standard InChI is InChI=1S/C33H56O6/c1-11-31(8,26(35)36)19-32(9,27(37)39-28(2,3)4)18-30(7,17-29(5,6)20-34)21-38-33(10)16-22-15-25(33)24-14-12-13-23(22)24/h20,22-25H,11-19,21H2,1-10H3,(H,35,36). The lowest BCUT2D eigenvalue weighted by molar-refractivity contribution is -0.176. The molecule has 39 heavy (non-hydrogen) atoms. The van der Waals surface area contributed by atoms with Gasteiger partial charge in [-0.25, -0.2) is 0 Å². The number of carboxylic acid groups (broad SMARTS) is 1. The highest BCUT2D eigenvalue weighted by Crippen LogP contribution is 2.63. The van der Waals surface area contributed by atoms with Gasteiger partial charge in [-0.1, -0.05) is 34.1 Å². The SMILES string of the molecule is CCC(C)(CC(C)(CC(C)(COC1(C)CC2CC1C1CCCC21)CC(C)(C)C=O)C(=O)OC(C)(C)C)C(=O)O. The minimum Gasteiger partial charge on any atom is -0.481 e. The van der Waals surface area contributed by atoms with Crippen molar-refractivity contribution in [3.05, 3.63) is 0 Å². The molecule has 3 rings (SSSR count). The minimum absolute atomic E-state index is 0.156. The van der Waals surface area contributed by atoms with Gasteiger partial charge in [0.2, 0.25) is 0 Å². The van der Waals surface area contributed by atoms with Crippen molar-refractivity contribution in [2.75, 3.05) is 6.61 Å². The first kappa shape index (κ1) is 32.1. The molecule has 0 saturated heterocycles. The van der Waals surface area contributed by atoms with E-state index in [4.69, 9.17) is 9.47 Å². The van der Waals surface area contributed by atoms with Crippen LogP contribution in [0.4, 0.5) is 0 Å². The van der Waals surface area contributed by atoms with Crippen molar-refractivity contribution in [1.29, 1.82) is 0 Å². The Morgan fingerprint density at radius 2 is 1.56 bits per heavy atom. The lowest BCUT2D eigenvalue weighted by Gasteiger charge is -2.47. The third kappa shape index (κ3) is 6.90. The number of rotatable bonds is 13. The van der Waals surface area contributed by atoms with Crippen LogP contribution in [0.5, 0.6) is 0 Å². The number of aliphatic carboxylic acids is 1. The molecule has 8 atom stereocenters. The molecule has 3 aliphatic carbocycles. The zero-order valence-electron chi connectivity index (χ0n) is 26.4. The maximum Gasteiger partial charge on any atom is 0.312 e. The van der Waals surface area contributed by atoms with E-state index in [1.54, 1.807) is 6.92 Å². The van der Waals surface area contributed by atoms with E-state index in [9.17, 15) is 19.5 Å². The van der Waals surface area contributed by atoms with Crippen molar-refractivity contribution in [2.45, 2.75) is 138 Å². The average molecular weight is 549 g/mol. The molecule has 3 fully saturated rings. The van der Waals surface area contributed by atoms with Crippen molar-refractivity contribution in [2.24, 2.45) is 45.3 Å². The van der Waals surface area contributed by atoms with E-state index in [1.807, 2.05) is 48.5 Å². The quantitative estimate of drug-likeness (QED) is 0.190. The van der Waals surface area contributed by atoms with Crippen LogP contribution in [-0.2, 0) is 23.9 Å². The van der Waals surface area contributed by atoms with Gasteiger partial charge in [0, 0.05) is 5.41 Å². The summed E-state index contributed by atoms with van der Waals surface area (Å²) >= 11 is 0. The van der Waals surface area contributed by atoms with Gasteiger partial charge in [-0.3, -0.25) is 9.59 Å². The number of aldehydes is 1. The second-order valence-electron chi connectivity index (χ2n) is 16.4. The molecule has 8 unspecified atom stereocenters. The van der Waals surface area contributed by atoms with Crippen LogP contribution in [0.15, 0.2) is 0 Å². The summed E-state index contributed by atoms with van der Waals surface area (Å²) in [7, 11) is 0. The third-order valence-electron chi connectivity index (χ3n) is 10.5. The van der Waals surface area contributed by atoms with Crippen molar-refractivity contribution >= 4 is 18.2 Å². The van der Waals surface area contributed by atoms with Crippen LogP contribution in [-0.4, -0.2) is 41.1 Å². The highest BCUT2D eigenvalue weighted by atomic mass is 16.6. The number of hydrogen-bond donors (Lipinski definition) is 1. The Morgan fingerprint density at radius 1 is 0.949 bits per heavy atom. The molecule has 224 valence electrons. The molecule has 3 saturated carbocycles. The molecular weight excluding hydrogens is 492 g/mol. The number of fused-ring (bicyclic) bond motifs is 5. The lowest BCUT2D eigenvalue weighted by atomic mass is 9.61. The van der Waals surface area contributed by atoms with Gasteiger partial charge in [-0.15, -0.1) is 0 Å². The zero-order valence-corrected chi connectivity index (χ0v) is 26.4. The predicted molar refractivity (Wildman–Crippen MR) is 153 cm³/mol. The second-order valence-corrected chi connectivity index (χ2v) is 16.4. The molecule has 0 aromatic carbocycles. The maximum absolute atomic E-state index is 13.8. The molecule has 0 amide bonds. The summed E-state index contributed by atoms with van der Waals surface area (Å²) in [5.41, 5.74) is -4.19. The first-order chi connectivity index (χ1) is 17.7. The normalized spacial score (nSPS) is 33.1. The number of carbonyl (C=O) groups is 3. The minimum atomic E-state index is -1.08. The third-order valence-corrected chi connectivity index (χ3v) is 10.5. The molecule has 0 heterocycles. The second kappa shape index (κ2) is 10.8. The highest BCUT2D eigenvalue weighted by Gasteiger charge is 2.60. The van der Waals surface area contributed by atoms with Gasteiger partial charge in [0.1, 0.15) is 11.9 Å².